The van der Waals surface area contributed by atoms with Crippen molar-refractivity contribution >= 4 is 27.5 Å². The van der Waals surface area contributed by atoms with Gasteiger partial charge >= 0.3 is 0 Å². The number of carbonyl (C=O) groups excluding carboxylic acids is 1. The fourth-order valence-electron chi connectivity index (χ4n) is 3.75. The van der Waals surface area contributed by atoms with Crippen molar-refractivity contribution in [3.63, 3.8) is 0 Å². The molecule has 1 N–H and O–H groups in total. The Morgan fingerprint density at radius 1 is 1.10 bits per heavy atom. The SMILES string of the molecule is Cc1ccc([C@H]2CN(S(=O)(=O)c3ccc(Cl)cc3)C[C@H]2C(=O)NCCC(C)C)cc1. The van der Waals surface area contributed by atoms with Gasteiger partial charge in [-0.3, -0.25) is 4.79 Å². The lowest BCUT2D eigenvalue weighted by Crippen LogP contribution is -2.36. The van der Waals surface area contributed by atoms with Crippen molar-refractivity contribution in [3.05, 3.63) is 64.7 Å². The van der Waals surface area contributed by atoms with Crippen LogP contribution in [0.25, 0.3) is 0 Å². The number of benzene rings is 2. The molecule has 7 heteroatoms. The zero-order valence-corrected chi connectivity index (χ0v) is 19.2. The largest absolute Gasteiger partial charge is 0.356 e. The first-order chi connectivity index (χ1) is 14.2. The van der Waals surface area contributed by atoms with Crippen molar-refractivity contribution in [2.45, 2.75) is 38.0 Å². The summed E-state index contributed by atoms with van der Waals surface area (Å²) < 4.78 is 27.8. The smallest absolute Gasteiger partial charge is 0.243 e. The lowest BCUT2D eigenvalue weighted by Gasteiger charge is -2.19. The van der Waals surface area contributed by atoms with E-state index in [2.05, 4.69) is 19.2 Å². The van der Waals surface area contributed by atoms with E-state index in [0.29, 0.717) is 17.5 Å². The van der Waals surface area contributed by atoms with E-state index in [1.807, 2.05) is 31.2 Å². The van der Waals surface area contributed by atoms with Crippen molar-refractivity contribution in [2.75, 3.05) is 19.6 Å². The zero-order chi connectivity index (χ0) is 21.9. The maximum absolute atomic E-state index is 13.2. The highest BCUT2D eigenvalue weighted by Crippen LogP contribution is 2.36. The topological polar surface area (TPSA) is 66.5 Å². The van der Waals surface area contributed by atoms with Gasteiger partial charge in [0.05, 0.1) is 10.8 Å². The van der Waals surface area contributed by atoms with Gasteiger partial charge in [0, 0.05) is 30.6 Å². The minimum absolute atomic E-state index is 0.0879. The molecule has 1 fully saturated rings. The number of hydrogen-bond donors (Lipinski definition) is 1. The van der Waals surface area contributed by atoms with Crippen LogP contribution in [0.15, 0.2) is 53.4 Å². The number of aryl methyl sites for hydroxylation is 1. The molecule has 1 saturated heterocycles. The zero-order valence-electron chi connectivity index (χ0n) is 17.6. The molecule has 1 aliphatic heterocycles. The molecule has 0 aliphatic carbocycles. The average molecular weight is 449 g/mol. The molecule has 30 heavy (non-hydrogen) atoms. The summed E-state index contributed by atoms with van der Waals surface area (Å²) >= 11 is 5.91. The molecule has 0 unspecified atom stereocenters. The van der Waals surface area contributed by atoms with Gasteiger partial charge in [-0.05, 0) is 49.1 Å². The first kappa shape index (κ1) is 22.8. The van der Waals surface area contributed by atoms with E-state index < -0.39 is 15.9 Å². The fourth-order valence-corrected chi connectivity index (χ4v) is 5.37. The summed E-state index contributed by atoms with van der Waals surface area (Å²) in [6.07, 6.45) is 0.889. The highest BCUT2D eigenvalue weighted by Gasteiger charge is 2.43. The maximum Gasteiger partial charge on any atom is 0.243 e. The minimum Gasteiger partial charge on any atom is -0.356 e. The summed E-state index contributed by atoms with van der Waals surface area (Å²) in [5.74, 6) is -0.216. The summed E-state index contributed by atoms with van der Waals surface area (Å²) in [5, 5.41) is 3.49. The van der Waals surface area contributed by atoms with Gasteiger partial charge in [-0.2, -0.15) is 4.31 Å². The van der Waals surface area contributed by atoms with E-state index in [9.17, 15) is 13.2 Å². The Morgan fingerprint density at radius 2 is 1.73 bits per heavy atom. The Hall–Kier alpha value is -1.89. The van der Waals surface area contributed by atoms with Crippen LogP contribution in [0.3, 0.4) is 0 Å². The molecule has 2 aromatic rings. The molecule has 5 nitrogen and oxygen atoms in total. The van der Waals surface area contributed by atoms with E-state index in [0.717, 1.165) is 17.5 Å². The van der Waals surface area contributed by atoms with Crippen LogP contribution >= 0.6 is 11.6 Å². The van der Waals surface area contributed by atoms with Crippen molar-refractivity contribution in [1.82, 2.24) is 9.62 Å². The molecule has 0 spiro atoms. The van der Waals surface area contributed by atoms with E-state index >= 15 is 0 Å². The normalized spacial score (nSPS) is 19.9. The van der Waals surface area contributed by atoms with Crippen LogP contribution in [-0.4, -0.2) is 38.3 Å². The van der Waals surface area contributed by atoms with Crippen molar-refractivity contribution in [2.24, 2.45) is 11.8 Å². The lowest BCUT2D eigenvalue weighted by molar-refractivity contribution is -0.124. The van der Waals surface area contributed by atoms with E-state index in [4.69, 9.17) is 11.6 Å². The van der Waals surface area contributed by atoms with Crippen molar-refractivity contribution in [1.29, 1.82) is 0 Å². The summed E-state index contributed by atoms with van der Waals surface area (Å²) in [7, 11) is -3.71. The fraction of sp³-hybridized carbons (Fsp3) is 0.435. The third-order valence-corrected chi connectivity index (χ3v) is 7.70. The van der Waals surface area contributed by atoms with Gasteiger partial charge in [-0.25, -0.2) is 8.42 Å². The molecule has 1 aliphatic rings. The van der Waals surface area contributed by atoms with Crippen LogP contribution in [0.2, 0.25) is 5.02 Å². The van der Waals surface area contributed by atoms with Crippen LogP contribution in [0.1, 0.15) is 37.3 Å². The van der Waals surface area contributed by atoms with Gasteiger partial charge in [0.1, 0.15) is 0 Å². The Morgan fingerprint density at radius 3 is 2.33 bits per heavy atom. The van der Waals surface area contributed by atoms with Crippen LogP contribution in [0.4, 0.5) is 0 Å². The molecular formula is C23H29ClN2O3S. The van der Waals surface area contributed by atoms with E-state index in [1.165, 1.54) is 16.4 Å². The van der Waals surface area contributed by atoms with Crippen molar-refractivity contribution in [3.8, 4) is 0 Å². The number of hydrogen-bond acceptors (Lipinski definition) is 3. The molecule has 162 valence electrons. The van der Waals surface area contributed by atoms with Gasteiger partial charge in [0.2, 0.25) is 15.9 Å². The van der Waals surface area contributed by atoms with Gasteiger partial charge < -0.3 is 5.32 Å². The van der Waals surface area contributed by atoms with Gasteiger partial charge in [0.15, 0.2) is 0 Å². The highest BCUT2D eigenvalue weighted by molar-refractivity contribution is 7.89. The van der Waals surface area contributed by atoms with Crippen LogP contribution in [0, 0.1) is 18.8 Å². The number of rotatable bonds is 7. The summed E-state index contributed by atoms with van der Waals surface area (Å²) in [4.78, 5) is 13.2. The predicted molar refractivity (Wildman–Crippen MR) is 120 cm³/mol. The Bertz CT molecular complexity index is 973. The first-order valence-electron chi connectivity index (χ1n) is 10.3. The van der Waals surface area contributed by atoms with Crippen LogP contribution < -0.4 is 5.32 Å². The summed E-state index contributed by atoms with van der Waals surface area (Å²) in [6.45, 7) is 7.26. The lowest BCUT2D eigenvalue weighted by atomic mass is 9.88. The minimum atomic E-state index is -3.71. The quantitative estimate of drug-likeness (QED) is 0.689. The first-order valence-corrected chi connectivity index (χ1v) is 12.1. The standard InChI is InChI=1S/C23H29ClN2O3S/c1-16(2)12-13-25-23(27)22-15-26(14-21(22)18-6-4-17(3)5-7-18)30(28,29)20-10-8-19(24)9-11-20/h4-11,16,21-22H,12-15H2,1-3H3,(H,25,27)/t21-,22-/m1/s1. The Kier molecular flexibility index (Phi) is 7.22. The van der Waals surface area contributed by atoms with Gasteiger partial charge in [-0.15, -0.1) is 0 Å². The molecule has 2 atom stereocenters. The molecule has 0 bridgehead atoms. The number of amides is 1. The molecule has 1 amide bonds. The summed E-state index contributed by atoms with van der Waals surface area (Å²) in [5.41, 5.74) is 2.11. The number of nitrogens with one attached hydrogen (secondary N) is 1. The van der Waals surface area contributed by atoms with Crippen molar-refractivity contribution < 1.29 is 13.2 Å². The average Bonchev–Trinajstić information content (AvgIpc) is 3.15. The molecule has 0 radical (unpaired) electrons. The third-order valence-electron chi connectivity index (χ3n) is 5.60. The monoisotopic (exact) mass is 448 g/mol. The van der Waals surface area contributed by atoms with Gasteiger partial charge in [0.25, 0.3) is 0 Å². The van der Waals surface area contributed by atoms with E-state index in [1.54, 1.807) is 12.1 Å². The predicted octanol–water partition coefficient (Wildman–Crippen LogP) is 4.22. The maximum atomic E-state index is 13.2. The molecule has 3 rings (SSSR count). The second kappa shape index (κ2) is 9.50. The third kappa shape index (κ3) is 5.23. The number of carbonyl (C=O) groups is 1. The Labute approximate surface area is 184 Å². The molecule has 1 heterocycles. The van der Waals surface area contributed by atoms with E-state index in [-0.39, 0.29) is 29.8 Å². The second-order valence-electron chi connectivity index (χ2n) is 8.37. The molecule has 0 aromatic heterocycles. The van der Waals surface area contributed by atoms with Gasteiger partial charge in [-0.1, -0.05) is 55.3 Å². The molecule has 2 aromatic carbocycles. The number of halogens is 1. The number of sulfonamides is 1. The summed E-state index contributed by atoms with van der Waals surface area (Å²) in [6, 6.07) is 14.1. The highest BCUT2D eigenvalue weighted by atomic mass is 35.5. The molecule has 0 saturated carbocycles. The Balaban J connectivity index is 1.86. The van der Waals surface area contributed by atoms with Crippen LogP contribution in [-0.2, 0) is 14.8 Å². The molecular weight excluding hydrogens is 420 g/mol. The number of nitrogens with zero attached hydrogens (tertiary/aromatic N) is 1. The van der Waals surface area contributed by atoms with Crippen LogP contribution in [0.5, 0.6) is 0 Å². The second-order valence-corrected chi connectivity index (χ2v) is 10.7.